The number of ether oxygens (including phenoxy) is 1. The summed E-state index contributed by atoms with van der Waals surface area (Å²) >= 11 is 0. The quantitative estimate of drug-likeness (QED) is 0.552. The van der Waals surface area contributed by atoms with Gasteiger partial charge in [-0.3, -0.25) is 0 Å². The van der Waals surface area contributed by atoms with E-state index in [1.807, 2.05) is 7.05 Å². The van der Waals surface area contributed by atoms with Crippen molar-refractivity contribution >= 4 is 0 Å². The molecule has 74 valence electrons. The molecule has 0 spiro atoms. The molecule has 0 aromatic rings. The summed E-state index contributed by atoms with van der Waals surface area (Å²) in [6.07, 6.45) is 2.33. The number of aliphatic hydroxyl groups is 1. The molecule has 3 nitrogen and oxygen atoms in total. The normalized spacial score (nSPS) is 11.0. The van der Waals surface area contributed by atoms with Crippen molar-refractivity contribution in [2.24, 2.45) is 0 Å². The van der Waals surface area contributed by atoms with Crippen LogP contribution in [-0.2, 0) is 4.74 Å². The van der Waals surface area contributed by atoms with Gasteiger partial charge in [-0.05, 0) is 13.5 Å². The molecule has 0 rings (SSSR count). The number of hydrogen-bond acceptors (Lipinski definition) is 3. The Morgan fingerprint density at radius 1 is 1.25 bits per heavy atom. The first-order valence-electron chi connectivity index (χ1n) is 4.68. The zero-order valence-corrected chi connectivity index (χ0v) is 8.25. The van der Waals surface area contributed by atoms with Crippen molar-refractivity contribution in [1.29, 1.82) is 0 Å². The highest BCUT2D eigenvalue weighted by molar-refractivity contribution is 4.47. The average molecular weight is 175 g/mol. The molecule has 0 aromatic carbocycles. The fraction of sp³-hybridized carbons (Fsp3) is 1.00. The van der Waals surface area contributed by atoms with E-state index in [9.17, 15) is 0 Å². The van der Waals surface area contributed by atoms with Crippen molar-refractivity contribution in [1.82, 2.24) is 4.90 Å². The molecule has 0 bridgehead atoms. The fourth-order valence-corrected chi connectivity index (χ4v) is 0.851. The van der Waals surface area contributed by atoms with E-state index in [1.54, 1.807) is 0 Å². The highest BCUT2D eigenvalue weighted by atomic mass is 16.5. The van der Waals surface area contributed by atoms with Crippen LogP contribution in [-0.4, -0.2) is 50.0 Å². The summed E-state index contributed by atoms with van der Waals surface area (Å²) in [6, 6.07) is 0. The molecule has 0 aromatic heterocycles. The number of nitrogens with zero attached hydrogens (tertiary/aromatic N) is 1. The van der Waals surface area contributed by atoms with Crippen LogP contribution in [0.15, 0.2) is 0 Å². The first kappa shape index (κ1) is 11.9. The van der Waals surface area contributed by atoms with Gasteiger partial charge in [0.15, 0.2) is 0 Å². The van der Waals surface area contributed by atoms with Gasteiger partial charge in [0, 0.05) is 19.7 Å². The van der Waals surface area contributed by atoms with Crippen molar-refractivity contribution in [2.75, 3.05) is 40.0 Å². The first-order valence-corrected chi connectivity index (χ1v) is 4.68. The van der Waals surface area contributed by atoms with Crippen molar-refractivity contribution in [3.05, 3.63) is 0 Å². The van der Waals surface area contributed by atoms with E-state index in [-0.39, 0.29) is 6.61 Å². The van der Waals surface area contributed by atoms with Crippen LogP contribution < -0.4 is 0 Å². The largest absolute Gasteiger partial charge is 0.395 e. The van der Waals surface area contributed by atoms with Gasteiger partial charge in [0.2, 0.25) is 0 Å². The van der Waals surface area contributed by atoms with E-state index in [0.29, 0.717) is 0 Å². The van der Waals surface area contributed by atoms with Crippen molar-refractivity contribution in [3.63, 3.8) is 0 Å². The van der Waals surface area contributed by atoms with Crippen LogP contribution >= 0.6 is 0 Å². The number of rotatable bonds is 8. The van der Waals surface area contributed by atoms with E-state index in [1.165, 1.54) is 6.42 Å². The third-order valence-corrected chi connectivity index (χ3v) is 1.74. The summed E-state index contributed by atoms with van der Waals surface area (Å²) in [4.78, 5) is 2.06. The lowest BCUT2D eigenvalue weighted by Crippen LogP contribution is -2.26. The summed E-state index contributed by atoms with van der Waals surface area (Å²) in [5.41, 5.74) is 0. The number of likely N-dealkylation sites (N-methyl/N-ethyl adjacent to an activating group) is 1. The summed E-state index contributed by atoms with van der Waals surface area (Å²) in [5.74, 6) is 0. The second kappa shape index (κ2) is 8.97. The molecular weight excluding hydrogens is 154 g/mol. The standard InChI is InChI=1S/C9H21NO2/c1-3-4-8-12-9-6-10(2)5-7-11/h11H,3-9H2,1-2H3. The Bertz CT molecular complexity index is 88.6. The van der Waals surface area contributed by atoms with E-state index in [4.69, 9.17) is 9.84 Å². The predicted octanol–water partition coefficient (Wildman–Crippen LogP) is 0.727. The molecule has 3 heteroatoms. The van der Waals surface area contributed by atoms with E-state index >= 15 is 0 Å². The minimum atomic E-state index is 0.228. The zero-order valence-electron chi connectivity index (χ0n) is 8.25. The molecule has 0 atom stereocenters. The van der Waals surface area contributed by atoms with E-state index < -0.39 is 0 Å². The van der Waals surface area contributed by atoms with Gasteiger partial charge in [0.1, 0.15) is 0 Å². The highest BCUT2D eigenvalue weighted by Gasteiger charge is 1.95. The highest BCUT2D eigenvalue weighted by Crippen LogP contribution is 1.88. The van der Waals surface area contributed by atoms with Crippen LogP contribution in [0.4, 0.5) is 0 Å². The average Bonchev–Trinajstić information content (AvgIpc) is 2.05. The lowest BCUT2D eigenvalue weighted by atomic mass is 10.4. The first-order chi connectivity index (χ1) is 5.81. The van der Waals surface area contributed by atoms with E-state index in [2.05, 4.69) is 11.8 Å². The molecule has 1 N–H and O–H groups in total. The van der Waals surface area contributed by atoms with Gasteiger partial charge < -0.3 is 14.7 Å². The van der Waals surface area contributed by atoms with E-state index in [0.717, 1.165) is 32.7 Å². The third kappa shape index (κ3) is 7.98. The van der Waals surface area contributed by atoms with Crippen molar-refractivity contribution in [3.8, 4) is 0 Å². The summed E-state index contributed by atoms with van der Waals surface area (Å²) in [6.45, 7) is 5.66. The smallest absolute Gasteiger partial charge is 0.0593 e. The Labute approximate surface area is 75.3 Å². The third-order valence-electron chi connectivity index (χ3n) is 1.74. The Morgan fingerprint density at radius 3 is 2.58 bits per heavy atom. The minimum Gasteiger partial charge on any atom is -0.395 e. The van der Waals surface area contributed by atoms with Crippen LogP contribution in [0.5, 0.6) is 0 Å². The maximum Gasteiger partial charge on any atom is 0.0593 e. The second-order valence-corrected chi connectivity index (χ2v) is 2.99. The predicted molar refractivity (Wildman–Crippen MR) is 50.3 cm³/mol. The molecule has 0 unspecified atom stereocenters. The number of unbranched alkanes of at least 4 members (excludes halogenated alkanes) is 1. The van der Waals surface area contributed by atoms with Gasteiger partial charge in [-0.25, -0.2) is 0 Å². The topological polar surface area (TPSA) is 32.7 Å². The van der Waals surface area contributed by atoms with Gasteiger partial charge in [-0.2, -0.15) is 0 Å². The minimum absolute atomic E-state index is 0.228. The molecule has 0 saturated carbocycles. The van der Waals surface area contributed by atoms with Gasteiger partial charge in [0.25, 0.3) is 0 Å². The Balaban J connectivity index is 2.97. The lowest BCUT2D eigenvalue weighted by Gasteiger charge is -2.14. The van der Waals surface area contributed by atoms with Crippen LogP contribution in [0.25, 0.3) is 0 Å². The van der Waals surface area contributed by atoms with Gasteiger partial charge in [0.05, 0.1) is 13.2 Å². The van der Waals surface area contributed by atoms with Crippen LogP contribution in [0.3, 0.4) is 0 Å². The molecule has 0 amide bonds. The van der Waals surface area contributed by atoms with Crippen LogP contribution in [0.2, 0.25) is 0 Å². The summed E-state index contributed by atoms with van der Waals surface area (Å²) in [5, 5.41) is 8.59. The Kier molecular flexibility index (Phi) is 8.88. The summed E-state index contributed by atoms with van der Waals surface area (Å²) in [7, 11) is 1.99. The van der Waals surface area contributed by atoms with Crippen LogP contribution in [0, 0.1) is 0 Å². The maximum absolute atomic E-state index is 8.59. The SMILES string of the molecule is CCCCOCCN(C)CCO. The van der Waals surface area contributed by atoms with Crippen LogP contribution in [0.1, 0.15) is 19.8 Å². The fourth-order valence-electron chi connectivity index (χ4n) is 0.851. The number of hydrogen-bond donors (Lipinski definition) is 1. The number of aliphatic hydroxyl groups excluding tert-OH is 1. The van der Waals surface area contributed by atoms with Crippen molar-refractivity contribution < 1.29 is 9.84 Å². The Hall–Kier alpha value is -0.120. The molecule has 0 fully saturated rings. The Morgan fingerprint density at radius 2 is 2.00 bits per heavy atom. The monoisotopic (exact) mass is 175 g/mol. The van der Waals surface area contributed by atoms with Gasteiger partial charge >= 0.3 is 0 Å². The molecule has 12 heavy (non-hydrogen) atoms. The maximum atomic E-state index is 8.59. The second-order valence-electron chi connectivity index (χ2n) is 2.99. The molecule has 0 aliphatic heterocycles. The summed E-state index contributed by atoms with van der Waals surface area (Å²) < 4.78 is 5.37. The van der Waals surface area contributed by atoms with Crippen molar-refractivity contribution in [2.45, 2.75) is 19.8 Å². The molecule has 0 aliphatic rings. The molecule has 0 heterocycles. The molecule has 0 saturated heterocycles. The molecular formula is C9H21NO2. The van der Waals surface area contributed by atoms with Gasteiger partial charge in [-0.1, -0.05) is 13.3 Å². The zero-order chi connectivity index (χ0) is 9.23. The lowest BCUT2D eigenvalue weighted by molar-refractivity contribution is 0.103. The van der Waals surface area contributed by atoms with Gasteiger partial charge in [-0.15, -0.1) is 0 Å². The molecule has 0 radical (unpaired) electrons. The molecule has 0 aliphatic carbocycles.